The zero-order valence-corrected chi connectivity index (χ0v) is 24.2. The summed E-state index contributed by atoms with van der Waals surface area (Å²) < 4.78 is 13.4. The van der Waals surface area contributed by atoms with Crippen molar-refractivity contribution in [3.63, 3.8) is 0 Å². The molecule has 0 amide bonds. The van der Waals surface area contributed by atoms with E-state index in [0.29, 0.717) is 24.7 Å². The maximum atomic E-state index is 11.1. The molecule has 1 atom stereocenters. The second kappa shape index (κ2) is 13.1. The first-order valence-corrected chi connectivity index (χ1v) is 13.6. The van der Waals surface area contributed by atoms with Crippen molar-refractivity contribution < 1.29 is 19.4 Å². The topological polar surface area (TPSA) is 73.6 Å². The van der Waals surface area contributed by atoms with E-state index in [1.165, 1.54) is 12.5 Å². The zero-order chi connectivity index (χ0) is 29.4. The van der Waals surface area contributed by atoms with Crippen LogP contribution in [0.4, 0.5) is 0 Å². The lowest BCUT2D eigenvalue weighted by Gasteiger charge is -2.19. The second-order valence-corrected chi connectivity index (χ2v) is 10.9. The largest absolute Gasteiger partial charge is 0.489 e. The highest BCUT2D eigenvalue weighted by Gasteiger charge is 2.15. The number of carboxylic acids is 1. The van der Waals surface area contributed by atoms with Crippen LogP contribution < -0.4 is 9.47 Å². The van der Waals surface area contributed by atoms with Gasteiger partial charge in [0.1, 0.15) is 24.7 Å². The first-order chi connectivity index (χ1) is 19.6. The van der Waals surface area contributed by atoms with Gasteiger partial charge >= 0.3 is 5.97 Å². The number of hydrogen-bond acceptors (Lipinski definition) is 4. The van der Waals surface area contributed by atoms with E-state index >= 15 is 0 Å². The molecule has 6 heteroatoms. The summed E-state index contributed by atoms with van der Waals surface area (Å²) in [7, 11) is 0. The fourth-order valence-electron chi connectivity index (χ4n) is 4.21. The minimum Gasteiger partial charge on any atom is -0.489 e. The van der Waals surface area contributed by atoms with Gasteiger partial charge in [-0.3, -0.25) is 4.68 Å². The molecule has 0 spiro atoms. The molecule has 1 aromatic heterocycles. The molecule has 0 aliphatic heterocycles. The number of hydrogen-bond donors (Lipinski definition) is 1. The van der Waals surface area contributed by atoms with E-state index in [2.05, 4.69) is 80.2 Å². The monoisotopic (exact) mass is 548 g/mol. The van der Waals surface area contributed by atoms with Gasteiger partial charge in [-0.15, -0.1) is 0 Å². The lowest BCUT2D eigenvalue weighted by Crippen LogP contribution is -2.23. The van der Waals surface area contributed by atoms with Crippen molar-refractivity contribution in [1.82, 2.24) is 9.78 Å². The van der Waals surface area contributed by atoms with Gasteiger partial charge in [0.25, 0.3) is 0 Å². The lowest BCUT2D eigenvalue weighted by atomic mass is 9.85. The summed E-state index contributed by atoms with van der Waals surface area (Å²) in [5, 5.41) is 13.3. The number of nitrogens with zero attached hydrogens (tertiary/aromatic N) is 2. The molecule has 1 unspecified atom stereocenters. The zero-order valence-electron chi connectivity index (χ0n) is 24.2. The van der Waals surface area contributed by atoms with Crippen LogP contribution in [0.5, 0.6) is 11.5 Å². The molecular formula is C35H36N2O4. The lowest BCUT2D eigenvalue weighted by molar-refractivity contribution is -0.144. The van der Waals surface area contributed by atoms with Crippen molar-refractivity contribution in [2.24, 2.45) is 0 Å². The molecule has 0 saturated carbocycles. The molecule has 41 heavy (non-hydrogen) atoms. The Bertz CT molecular complexity index is 1550. The second-order valence-electron chi connectivity index (χ2n) is 10.9. The first-order valence-electron chi connectivity index (χ1n) is 13.6. The van der Waals surface area contributed by atoms with Gasteiger partial charge < -0.3 is 14.6 Å². The van der Waals surface area contributed by atoms with Crippen LogP contribution in [0.15, 0.2) is 91.3 Å². The standard InChI is InChI=1S/C35H36N2O4/c1-25-24-31(17-18-33(25)41-26(2)34(38)39)40-23-19-32(29-13-15-30(16-14-29)35(3,4)5)28-11-9-27(10-12-28)8-6-21-37-22-7-20-36-37/h7,9-20,22,24,26H,21,23H2,1-5H3,(H,38,39). The Kier molecular flexibility index (Phi) is 9.31. The summed E-state index contributed by atoms with van der Waals surface area (Å²) >= 11 is 0. The average Bonchev–Trinajstić information content (AvgIpc) is 3.46. The molecule has 0 radical (unpaired) electrons. The molecule has 0 aliphatic rings. The van der Waals surface area contributed by atoms with Crippen LogP contribution >= 0.6 is 0 Å². The molecule has 1 heterocycles. The number of aliphatic carboxylic acids is 1. The van der Waals surface area contributed by atoms with E-state index in [4.69, 9.17) is 14.6 Å². The van der Waals surface area contributed by atoms with E-state index in [9.17, 15) is 4.79 Å². The van der Waals surface area contributed by atoms with Crippen molar-refractivity contribution in [1.29, 1.82) is 0 Å². The van der Waals surface area contributed by atoms with Crippen molar-refractivity contribution in [2.45, 2.75) is 52.7 Å². The average molecular weight is 549 g/mol. The van der Waals surface area contributed by atoms with Crippen molar-refractivity contribution in [2.75, 3.05) is 6.61 Å². The Morgan fingerprint density at radius 1 is 1.05 bits per heavy atom. The van der Waals surface area contributed by atoms with Gasteiger partial charge in [0, 0.05) is 18.0 Å². The van der Waals surface area contributed by atoms with Gasteiger partial charge in [0.2, 0.25) is 0 Å². The van der Waals surface area contributed by atoms with Crippen LogP contribution in [0.3, 0.4) is 0 Å². The van der Waals surface area contributed by atoms with E-state index < -0.39 is 12.1 Å². The SMILES string of the molecule is Cc1cc(OCC=C(c2ccc(C#CCn3cccn3)cc2)c2ccc(C(C)(C)C)cc2)ccc1OC(C)C(=O)O. The summed E-state index contributed by atoms with van der Waals surface area (Å²) in [6, 6.07) is 24.2. The minimum absolute atomic E-state index is 0.0675. The Hall–Kier alpha value is -4.76. The van der Waals surface area contributed by atoms with E-state index in [1.807, 2.05) is 37.4 Å². The van der Waals surface area contributed by atoms with Crippen LogP contribution in [-0.2, 0) is 16.8 Å². The first kappa shape index (κ1) is 29.2. The van der Waals surface area contributed by atoms with Crippen LogP contribution in [0.1, 0.15) is 55.5 Å². The molecule has 0 fully saturated rings. The number of carboxylic acid groups (broad SMARTS) is 1. The third-order valence-corrected chi connectivity index (χ3v) is 6.63. The van der Waals surface area contributed by atoms with Crippen molar-refractivity contribution >= 4 is 11.5 Å². The third-order valence-electron chi connectivity index (χ3n) is 6.63. The van der Waals surface area contributed by atoms with Crippen LogP contribution in [0, 0.1) is 18.8 Å². The Labute approximate surface area is 242 Å². The normalized spacial score (nSPS) is 12.3. The molecule has 0 saturated heterocycles. The fraction of sp³-hybridized carbons (Fsp3) is 0.257. The Morgan fingerprint density at radius 3 is 2.32 bits per heavy atom. The van der Waals surface area contributed by atoms with Crippen molar-refractivity contribution in [3.05, 3.63) is 119 Å². The molecule has 6 nitrogen and oxygen atoms in total. The quantitative estimate of drug-likeness (QED) is 0.230. The Morgan fingerprint density at radius 2 is 1.73 bits per heavy atom. The van der Waals surface area contributed by atoms with Gasteiger partial charge in [-0.1, -0.05) is 69.0 Å². The van der Waals surface area contributed by atoms with Gasteiger partial charge in [-0.2, -0.15) is 5.10 Å². The van der Waals surface area contributed by atoms with E-state index in [0.717, 1.165) is 27.8 Å². The summed E-state index contributed by atoms with van der Waals surface area (Å²) in [5.74, 6) is 6.56. The highest BCUT2D eigenvalue weighted by Crippen LogP contribution is 2.29. The third kappa shape index (κ3) is 8.12. The molecule has 4 rings (SSSR count). The molecule has 4 aromatic rings. The number of carbonyl (C=O) groups is 1. The highest BCUT2D eigenvalue weighted by molar-refractivity contribution is 5.80. The molecular weight excluding hydrogens is 512 g/mol. The van der Waals surface area contributed by atoms with Crippen LogP contribution in [0.25, 0.3) is 5.57 Å². The van der Waals surface area contributed by atoms with Crippen LogP contribution in [-0.4, -0.2) is 33.6 Å². The predicted molar refractivity (Wildman–Crippen MR) is 162 cm³/mol. The fourth-order valence-corrected chi connectivity index (χ4v) is 4.21. The number of aryl methyl sites for hydroxylation is 1. The molecule has 0 aliphatic carbocycles. The highest BCUT2D eigenvalue weighted by atomic mass is 16.5. The maximum Gasteiger partial charge on any atom is 0.344 e. The van der Waals surface area contributed by atoms with Gasteiger partial charge in [-0.05, 0) is 89.6 Å². The summed E-state index contributed by atoms with van der Waals surface area (Å²) in [4.78, 5) is 11.1. The van der Waals surface area contributed by atoms with Crippen molar-refractivity contribution in [3.8, 4) is 23.3 Å². The van der Waals surface area contributed by atoms with Gasteiger partial charge in [0.15, 0.2) is 6.10 Å². The van der Waals surface area contributed by atoms with E-state index in [1.54, 1.807) is 23.0 Å². The summed E-state index contributed by atoms with van der Waals surface area (Å²) in [6.07, 6.45) is 4.79. The molecule has 1 N–H and O–H groups in total. The van der Waals surface area contributed by atoms with Gasteiger partial charge in [0.05, 0.1) is 0 Å². The molecule has 0 bridgehead atoms. The predicted octanol–water partition coefficient (Wildman–Crippen LogP) is 6.90. The summed E-state index contributed by atoms with van der Waals surface area (Å²) in [6.45, 7) is 10.9. The van der Waals surface area contributed by atoms with E-state index in [-0.39, 0.29) is 5.41 Å². The smallest absolute Gasteiger partial charge is 0.344 e. The minimum atomic E-state index is -1.01. The van der Waals surface area contributed by atoms with Crippen LogP contribution in [0.2, 0.25) is 0 Å². The maximum absolute atomic E-state index is 11.1. The Balaban J connectivity index is 1.54. The number of aromatic nitrogens is 2. The van der Waals surface area contributed by atoms with Gasteiger partial charge in [-0.25, -0.2) is 4.79 Å². The number of ether oxygens (including phenoxy) is 2. The molecule has 3 aromatic carbocycles. The molecule has 210 valence electrons. The summed E-state index contributed by atoms with van der Waals surface area (Å²) in [5.41, 5.74) is 6.32. The number of benzene rings is 3. The number of rotatable bonds is 9.